The molecule has 0 aliphatic carbocycles. The number of nitrogens with one attached hydrogen (secondary N) is 1. The summed E-state index contributed by atoms with van der Waals surface area (Å²) in [7, 11) is 3.72. The van der Waals surface area contributed by atoms with Crippen LogP contribution in [0.1, 0.15) is 17.5 Å². The second kappa shape index (κ2) is 4.16. The Balaban J connectivity index is 2.36. The highest BCUT2D eigenvalue weighted by molar-refractivity contribution is 9.10. The molecule has 1 atom stereocenters. The average Bonchev–Trinajstić information content (AvgIpc) is 2.79. The fourth-order valence-electron chi connectivity index (χ4n) is 1.48. The molecule has 0 spiro atoms. The van der Waals surface area contributed by atoms with Crippen LogP contribution in [0.2, 0.25) is 0 Å². The fraction of sp³-hybridized carbons (Fsp3) is 0.333. The topological polar surface area (TPSA) is 55.9 Å². The molecule has 15 heavy (non-hydrogen) atoms. The molecule has 0 aromatic carbocycles. The Labute approximate surface area is 95.6 Å². The van der Waals surface area contributed by atoms with E-state index in [1.165, 1.54) is 0 Å². The van der Waals surface area contributed by atoms with Gasteiger partial charge in [0.1, 0.15) is 11.8 Å². The van der Waals surface area contributed by atoms with Crippen LogP contribution in [0.5, 0.6) is 0 Å². The molecule has 0 saturated carbocycles. The van der Waals surface area contributed by atoms with Gasteiger partial charge in [0.15, 0.2) is 4.67 Å². The molecular formula is C9H11BrN4O. The zero-order valence-corrected chi connectivity index (χ0v) is 10.0. The van der Waals surface area contributed by atoms with Crippen LogP contribution in [0.3, 0.4) is 0 Å². The van der Waals surface area contributed by atoms with Gasteiger partial charge in [-0.05, 0) is 35.1 Å². The van der Waals surface area contributed by atoms with Crippen LogP contribution in [0, 0.1) is 0 Å². The lowest BCUT2D eigenvalue weighted by Crippen LogP contribution is -2.19. The van der Waals surface area contributed by atoms with Crippen molar-refractivity contribution in [3.8, 4) is 0 Å². The van der Waals surface area contributed by atoms with E-state index in [4.69, 9.17) is 4.42 Å². The van der Waals surface area contributed by atoms with Crippen LogP contribution < -0.4 is 5.32 Å². The minimum absolute atomic E-state index is 0.0312. The number of hydrogen-bond donors (Lipinski definition) is 1. The molecule has 0 radical (unpaired) electrons. The van der Waals surface area contributed by atoms with Gasteiger partial charge in [-0.15, -0.1) is 5.10 Å². The highest BCUT2D eigenvalue weighted by Gasteiger charge is 2.19. The fourth-order valence-corrected chi connectivity index (χ4v) is 1.80. The number of hydrogen-bond acceptors (Lipinski definition) is 4. The van der Waals surface area contributed by atoms with Crippen molar-refractivity contribution >= 4 is 15.9 Å². The molecule has 1 N–H and O–H groups in total. The molecular weight excluding hydrogens is 260 g/mol. The van der Waals surface area contributed by atoms with E-state index < -0.39 is 0 Å². The number of furan rings is 1. The van der Waals surface area contributed by atoms with Gasteiger partial charge in [0.05, 0.1) is 11.9 Å². The second-order valence-electron chi connectivity index (χ2n) is 3.15. The van der Waals surface area contributed by atoms with Crippen LogP contribution >= 0.6 is 15.9 Å². The molecule has 0 fully saturated rings. The smallest absolute Gasteiger partial charge is 0.169 e. The minimum atomic E-state index is -0.0312. The van der Waals surface area contributed by atoms with Crippen LogP contribution in [0.25, 0.3) is 0 Å². The molecule has 6 heteroatoms. The molecule has 1 unspecified atom stereocenters. The Morgan fingerprint density at radius 1 is 1.53 bits per heavy atom. The monoisotopic (exact) mass is 270 g/mol. The normalized spacial score (nSPS) is 13.0. The van der Waals surface area contributed by atoms with Crippen molar-refractivity contribution in [2.75, 3.05) is 7.05 Å². The molecule has 2 aromatic rings. The first kappa shape index (κ1) is 10.4. The minimum Gasteiger partial charge on any atom is -0.452 e. The Bertz CT molecular complexity index is 450. The van der Waals surface area contributed by atoms with Gasteiger partial charge in [0.2, 0.25) is 0 Å². The first-order chi connectivity index (χ1) is 7.22. The van der Waals surface area contributed by atoms with Crippen molar-refractivity contribution in [3.63, 3.8) is 0 Å². The van der Waals surface area contributed by atoms with E-state index in [1.54, 1.807) is 10.9 Å². The Hall–Kier alpha value is -1.14. The number of rotatable bonds is 3. The van der Waals surface area contributed by atoms with Crippen molar-refractivity contribution in [1.29, 1.82) is 0 Å². The second-order valence-corrected chi connectivity index (χ2v) is 3.93. The summed E-state index contributed by atoms with van der Waals surface area (Å²) in [5.74, 6) is 0.828. The van der Waals surface area contributed by atoms with E-state index in [2.05, 4.69) is 31.6 Å². The van der Waals surface area contributed by atoms with E-state index in [9.17, 15) is 0 Å². The molecule has 2 heterocycles. The zero-order valence-electron chi connectivity index (χ0n) is 8.44. The summed E-state index contributed by atoms with van der Waals surface area (Å²) in [5.41, 5.74) is 0.958. The average molecular weight is 271 g/mol. The number of aryl methyl sites for hydroxylation is 1. The summed E-state index contributed by atoms with van der Waals surface area (Å²) >= 11 is 3.28. The number of aromatic nitrogens is 3. The Kier molecular flexibility index (Phi) is 2.88. The molecule has 0 aliphatic heterocycles. The first-order valence-corrected chi connectivity index (χ1v) is 5.28. The van der Waals surface area contributed by atoms with Crippen LogP contribution in [0.15, 0.2) is 27.4 Å². The summed E-state index contributed by atoms with van der Waals surface area (Å²) in [6.45, 7) is 0. The maximum absolute atomic E-state index is 5.50. The van der Waals surface area contributed by atoms with E-state index in [0.29, 0.717) is 4.67 Å². The molecule has 0 bridgehead atoms. The van der Waals surface area contributed by atoms with Crippen molar-refractivity contribution < 1.29 is 4.42 Å². The van der Waals surface area contributed by atoms with Gasteiger partial charge in [0.25, 0.3) is 0 Å². The maximum atomic E-state index is 5.50. The number of halogens is 1. The van der Waals surface area contributed by atoms with Gasteiger partial charge in [0, 0.05) is 7.05 Å². The molecule has 2 aromatic heterocycles. The summed E-state index contributed by atoms with van der Waals surface area (Å²) in [6.07, 6.45) is 1.72. The quantitative estimate of drug-likeness (QED) is 0.918. The van der Waals surface area contributed by atoms with Gasteiger partial charge in [-0.3, -0.25) is 4.68 Å². The van der Waals surface area contributed by atoms with Gasteiger partial charge < -0.3 is 9.73 Å². The lowest BCUT2D eigenvalue weighted by Gasteiger charge is -2.12. The Morgan fingerprint density at radius 2 is 2.33 bits per heavy atom. The molecule has 0 aliphatic rings. The van der Waals surface area contributed by atoms with E-state index in [-0.39, 0.29) is 6.04 Å². The predicted octanol–water partition coefficient (Wildman–Crippen LogP) is 1.48. The third-order valence-electron chi connectivity index (χ3n) is 2.21. The standard InChI is InChI=1S/C9H11BrN4O/c1-11-9(6-5-12-13-14(6)2)7-3-4-8(10)15-7/h3-5,9,11H,1-2H3. The first-order valence-electron chi connectivity index (χ1n) is 4.49. The van der Waals surface area contributed by atoms with Gasteiger partial charge >= 0.3 is 0 Å². The molecule has 2 rings (SSSR count). The third-order valence-corrected chi connectivity index (χ3v) is 2.64. The van der Waals surface area contributed by atoms with Gasteiger partial charge in [-0.2, -0.15) is 0 Å². The predicted molar refractivity (Wildman–Crippen MR) is 58.3 cm³/mol. The van der Waals surface area contributed by atoms with Crippen molar-refractivity contribution in [1.82, 2.24) is 20.3 Å². The maximum Gasteiger partial charge on any atom is 0.169 e. The van der Waals surface area contributed by atoms with E-state index in [1.807, 2.05) is 26.2 Å². The molecule has 80 valence electrons. The van der Waals surface area contributed by atoms with Crippen LogP contribution in [0.4, 0.5) is 0 Å². The highest BCUT2D eigenvalue weighted by atomic mass is 79.9. The van der Waals surface area contributed by atoms with E-state index in [0.717, 1.165) is 11.5 Å². The van der Waals surface area contributed by atoms with Crippen LogP contribution in [-0.2, 0) is 7.05 Å². The van der Waals surface area contributed by atoms with Crippen molar-refractivity contribution in [2.24, 2.45) is 7.05 Å². The van der Waals surface area contributed by atoms with Gasteiger partial charge in [-0.25, -0.2) is 0 Å². The number of nitrogens with zero attached hydrogens (tertiary/aromatic N) is 3. The zero-order chi connectivity index (χ0) is 10.8. The SMILES string of the molecule is CNC(c1ccc(Br)o1)c1cnnn1C. The summed E-state index contributed by atoms with van der Waals surface area (Å²) in [6, 6.07) is 3.75. The summed E-state index contributed by atoms with van der Waals surface area (Å²) < 4.78 is 7.94. The van der Waals surface area contributed by atoms with Crippen molar-refractivity contribution in [2.45, 2.75) is 6.04 Å². The Morgan fingerprint density at radius 3 is 2.80 bits per heavy atom. The summed E-state index contributed by atoms with van der Waals surface area (Å²) in [5, 5.41) is 10.9. The van der Waals surface area contributed by atoms with Crippen molar-refractivity contribution in [3.05, 3.63) is 34.5 Å². The van der Waals surface area contributed by atoms with Gasteiger partial charge in [-0.1, -0.05) is 5.21 Å². The highest BCUT2D eigenvalue weighted by Crippen LogP contribution is 2.24. The van der Waals surface area contributed by atoms with E-state index >= 15 is 0 Å². The summed E-state index contributed by atoms with van der Waals surface area (Å²) in [4.78, 5) is 0. The lowest BCUT2D eigenvalue weighted by molar-refractivity contribution is 0.435. The molecule has 5 nitrogen and oxygen atoms in total. The third kappa shape index (κ3) is 1.95. The molecule has 0 amide bonds. The lowest BCUT2D eigenvalue weighted by atomic mass is 10.1. The largest absolute Gasteiger partial charge is 0.452 e. The van der Waals surface area contributed by atoms with Crippen LogP contribution in [-0.4, -0.2) is 22.0 Å². The molecule has 0 saturated heterocycles.